The molecular formula is C67H104O6. The van der Waals surface area contributed by atoms with Gasteiger partial charge in [0.1, 0.15) is 13.2 Å². The van der Waals surface area contributed by atoms with Gasteiger partial charge in [-0.25, -0.2) is 0 Å². The molecule has 0 fully saturated rings. The summed E-state index contributed by atoms with van der Waals surface area (Å²) in [4.78, 5) is 38.1. The van der Waals surface area contributed by atoms with Crippen LogP contribution in [-0.4, -0.2) is 37.2 Å². The molecule has 0 aromatic heterocycles. The summed E-state index contributed by atoms with van der Waals surface area (Å²) in [6.45, 7) is 6.27. The third-order valence-electron chi connectivity index (χ3n) is 11.5. The Labute approximate surface area is 448 Å². The molecule has 6 nitrogen and oxygen atoms in total. The summed E-state index contributed by atoms with van der Waals surface area (Å²) >= 11 is 0. The van der Waals surface area contributed by atoms with Gasteiger partial charge in [0.15, 0.2) is 6.10 Å². The normalized spacial score (nSPS) is 13.3. The first-order chi connectivity index (χ1) is 36.0. The van der Waals surface area contributed by atoms with Crippen LogP contribution in [0.5, 0.6) is 0 Å². The highest BCUT2D eigenvalue weighted by Gasteiger charge is 2.19. The first-order valence-electron chi connectivity index (χ1n) is 29.0. The number of ether oxygens (including phenoxy) is 3. The molecule has 408 valence electrons. The van der Waals surface area contributed by atoms with Crippen LogP contribution in [0.25, 0.3) is 0 Å². The topological polar surface area (TPSA) is 78.9 Å². The number of unbranched alkanes of at least 4 members (excludes halogenated alkanes) is 14. The van der Waals surface area contributed by atoms with E-state index in [0.29, 0.717) is 19.3 Å². The van der Waals surface area contributed by atoms with Crippen molar-refractivity contribution in [2.45, 2.75) is 232 Å². The quantitative estimate of drug-likeness (QED) is 0.0261. The third-order valence-corrected chi connectivity index (χ3v) is 11.5. The van der Waals surface area contributed by atoms with Crippen LogP contribution >= 0.6 is 0 Å². The molecule has 6 heteroatoms. The highest BCUT2D eigenvalue weighted by molar-refractivity contribution is 5.72. The molecule has 1 atom stereocenters. The van der Waals surface area contributed by atoms with E-state index in [1.807, 2.05) is 6.08 Å². The number of hydrogen-bond acceptors (Lipinski definition) is 6. The van der Waals surface area contributed by atoms with Gasteiger partial charge in [0.05, 0.1) is 6.42 Å². The monoisotopic (exact) mass is 1000 g/mol. The molecule has 0 aliphatic rings. The van der Waals surface area contributed by atoms with Gasteiger partial charge in [0, 0.05) is 12.8 Å². The maximum Gasteiger partial charge on any atom is 0.310 e. The Morgan fingerprint density at radius 1 is 0.301 bits per heavy atom. The minimum absolute atomic E-state index is 0.0833. The molecule has 0 aromatic carbocycles. The lowest BCUT2D eigenvalue weighted by atomic mass is 10.1. The van der Waals surface area contributed by atoms with E-state index in [0.717, 1.165) is 141 Å². The Bertz CT molecular complexity index is 1670. The molecule has 0 aromatic rings. The molecule has 0 radical (unpaired) electrons. The van der Waals surface area contributed by atoms with Crippen LogP contribution < -0.4 is 0 Å². The van der Waals surface area contributed by atoms with E-state index in [9.17, 15) is 14.4 Å². The van der Waals surface area contributed by atoms with Crippen molar-refractivity contribution in [3.63, 3.8) is 0 Å². The average Bonchev–Trinajstić information content (AvgIpc) is 3.39. The van der Waals surface area contributed by atoms with Crippen molar-refractivity contribution in [2.75, 3.05) is 13.2 Å². The zero-order valence-electron chi connectivity index (χ0n) is 46.6. The summed E-state index contributed by atoms with van der Waals surface area (Å²) in [5, 5.41) is 0. The molecule has 1 unspecified atom stereocenters. The van der Waals surface area contributed by atoms with E-state index in [4.69, 9.17) is 14.2 Å². The summed E-state index contributed by atoms with van der Waals surface area (Å²) in [6, 6.07) is 0. The molecule has 0 saturated heterocycles. The van der Waals surface area contributed by atoms with Crippen molar-refractivity contribution in [1.82, 2.24) is 0 Å². The summed E-state index contributed by atoms with van der Waals surface area (Å²) in [5.41, 5.74) is 0. The Morgan fingerprint density at radius 2 is 0.575 bits per heavy atom. The van der Waals surface area contributed by atoms with Crippen molar-refractivity contribution in [2.24, 2.45) is 0 Å². The van der Waals surface area contributed by atoms with Crippen LogP contribution in [0.4, 0.5) is 0 Å². The van der Waals surface area contributed by atoms with E-state index in [2.05, 4.69) is 167 Å². The second-order valence-electron chi connectivity index (χ2n) is 18.4. The number of carbonyl (C=O) groups excluding carboxylic acids is 3. The lowest BCUT2D eigenvalue weighted by molar-refractivity contribution is -0.166. The van der Waals surface area contributed by atoms with Gasteiger partial charge < -0.3 is 14.2 Å². The van der Waals surface area contributed by atoms with Crippen LogP contribution in [0.2, 0.25) is 0 Å². The van der Waals surface area contributed by atoms with Crippen molar-refractivity contribution in [1.29, 1.82) is 0 Å². The van der Waals surface area contributed by atoms with Crippen molar-refractivity contribution in [3.8, 4) is 0 Å². The first-order valence-corrected chi connectivity index (χ1v) is 29.0. The van der Waals surface area contributed by atoms with Crippen LogP contribution in [0.3, 0.4) is 0 Å². The Balaban J connectivity index is 4.48. The number of esters is 3. The number of hydrogen-bond donors (Lipinski definition) is 0. The minimum atomic E-state index is -0.852. The van der Waals surface area contributed by atoms with E-state index < -0.39 is 12.1 Å². The van der Waals surface area contributed by atoms with Crippen molar-refractivity contribution < 1.29 is 28.6 Å². The van der Waals surface area contributed by atoms with Crippen molar-refractivity contribution >= 4 is 17.9 Å². The zero-order valence-corrected chi connectivity index (χ0v) is 46.6. The summed E-state index contributed by atoms with van der Waals surface area (Å²) in [7, 11) is 0. The van der Waals surface area contributed by atoms with E-state index in [1.165, 1.54) is 38.5 Å². The molecular weight excluding hydrogens is 901 g/mol. The van der Waals surface area contributed by atoms with Gasteiger partial charge >= 0.3 is 17.9 Å². The SMILES string of the molecule is CC/C=C\C/C=C\C/C=C\C/C=C\C/C=C\C/C=C\C/C=C\CCCCCCCC(=O)OCC(COC(=O)CCCCCCC/C=C\CCCCCC)OC(=O)C/C=C\C/C=C\C/C=C\C/C=C\C/C=C\CC. The smallest absolute Gasteiger partial charge is 0.310 e. The van der Waals surface area contributed by atoms with Crippen LogP contribution in [0.15, 0.2) is 158 Å². The largest absolute Gasteiger partial charge is 0.462 e. The number of carbonyl (C=O) groups is 3. The fourth-order valence-electron chi connectivity index (χ4n) is 7.26. The molecule has 0 aliphatic heterocycles. The molecule has 0 heterocycles. The summed E-state index contributed by atoms with van der Waals surface area (Å²) in [6.07, 6.45) is 86.9. The molecule has 0 rings (SSSR count). The standard InChI is InChI=1S/C67H104O6/c1-4-7-10-13-16-19-22-25-27-28-29-30-31-32-33-34-35-36-37-38-40-42-45-48-51-54-57-60-66(69)72-63-64(62-71-65(68)59-56-53-50-47-44-41-24-21-18-15-12-9-6-3)73-67(70)61-58-55-52-49-46-43-39-26-23-20-17-14-11-8-5-2/h7-8,10-11,16-17,19-21,24-27,29-30,32-33,35-36,38-40,46,49,55,58,64H,4-6,9,12-15,18,22-23,28,31,34,37,41-45,47-48,50-54,56-57,59-63H2,1-3H3/b10-7-,11-8-,19-16-,20-17-,24-21-,27-25-,30-29-,33-32-,36-35-,39-26-,40-38-,49-46-,58-55-. The molecule has 0 saturated carbocycles. The van der Waals surface area contributed by atoms with Gasteiger partial charge in [0.2, 0.25) is 0 Å². The fraction of sp³-hybridized carbons (Fsp3) is 0.567. The molecule has 0 spiro atoms. The van der Waals surface area contributed by atoms with Gasteiger partial charge in [-0.05, 0) is 128 Å². The van der Waals surface area contributed by atoms with Gasteiger partial charge in [-0.2, -0.15) is 0 Å². The van der Waals surface area contributed by atoms with E-state index in [-0.39, 0.29) is 31.6 Å². The van der Waals surface area contributed by atoms with Crippen LogP contribution in [0.1, 0.15) is 226 Å². The van der Waals surface area contributed by atoms with Gasteiger partial charge in [0.25, 0.3) is 0 Å². The summed E-state index contributed by atoms with van der Waals surface area (Å²) in [5.74, 6) is -1.10. The predicted molar refractivity (Wildman–Crippen MR) is 315 cm³/mol. The summed E-state index contributed by atoms with van der Waals surface area (Å²) < 4.78 is 16.7. The maximum atomic E-state index is 12.8. The van der Waals surface area contributed by atoms with Gasteiger partial charge in [-0.1, -0.05) is 237 Å². The third kappa shape index (κ3) is 57.8. The second-order valence-corrected chi connectivity index (χ2v) is 18.4. The fourth-order valence-corrected chi connectivity index (χ4v) is 7.26. The Kier molecular flexibility index (Phi) is 55.5. The molecule has 0 aliphatic carbocycles. The van der Waals surface area contributed by atoms with Gasteiger partial charge in [-0.15, -0.1) is 0 Å². The highest BCUT2D eigenvalue weighted by Crippen LogP contribution is 2.12. The Morgan fingerprint density at radius 3 is 0.918 bits per heavy atom. The lowest BCUT2D eigenvalue weighted by Gasteiger charge is -2.18. The first kappa shape index (κ1) is 68.0. The Hall–Kier alpha value is -4.97. The molecule has 0 bridgehead atoms. The van der Waals surface area contributed by atoms with E-state index in [1.54, 1.807) is 6.08 Å². The molecule has 0 amide bonds. The van der Waals surface area contributed by atoms with Crippen LogP contribution in [-0.2, 0) is 28.6 Å². The molecule has 73 heavy (non-hydrogen) atoms. The second kappa shape index (κ2) is 59.6. The van der Waals surface area contributed by atoms with Crippen molar-refractivity contribution in [3.05, 3.63) is 158 Å². The predicted octanol–water partition coefficient (Wildman–Crippen LogP) is 19.8. The number of allylic oxidation sites excluding steroid dienone is 25. The maximum absolute atomic E-state index is 12.8. The van der Waals surface area contributed by atoms with E-state index >= 15 is 0 Å². The highest BCUT2D eigenvalue weighted by atomic mass is 16.6. The van der Waals surface area contributed by atoms with Crippen LogP contribution in [0, 0.1) is 0 Å². The zero-order chi connectivity index (χ0) is 52.9. The number of rotatable bonds is 50. The molecule has 0 N–H and O–H groups in total. The minimum Gasteiger partial charge on any atom is -0.462 e. The average molecular weight is 1010 g/mol. The lowest BCUT2D eigenvalue weighted by Crippen LogP contribution is -2.30. The van der Waals surface area contributed by atoms with Gasteiger partial charge in [-0.3, -0.25) is 14.4 Å².